The number of hydrogen-bond acceptors (Lipinski definition) is 6. The van der Waals surface area contributed by atoms with E-state index in [1.807, 2.05) is 4.90 Å². The first-order valence-corrected chi connectivity index (χ1v) is 9.80. The largest absolute Gasteiger partial charge is 0.370 e. The molecule has 0 unspecified atom stereocenters. The third kappa shape index (κ3) is 3.49. The Morgan fingerprint density at radius 2 is 2.19 bits per heavy atom. The molecule has 4 rings (SSSR count). The van der Waals surface area contributed by atoms with Gasteiger partial charge in [0.25, 0.3) is 10.0 Å². The zero-order chi connectivity index (χ0) is 21.8. The van der Waals surface area contributed by atoms with Crippen molar-refractivity contribution in [1.29, 1.82) is 0 Å². The Hall–Kier alpha value is -1.88. The minimum Gasteiger partial charge on any atom is -0.370 e. The number of aromatic nitrogens is 2. The monoisotopic (exact) mass is 401 g/mol. The normalized spacial score (nSPS) is 28.4. The SMILES string of the molecule is [2H]C([2H])([2H])S(=O)(=O)n1cc2c(n1)CN([C@H]1CO[C@@H](c3cc(F)ccc3F)[C@@H](N)C1)C2. The van der Waals surface area contributed by atoms with Crippen LogP contribution < -0.4 is 5.73 Å². The molecule has 10 heteroatoms. The first-order valence-electron chi connectivity index (χ1n) is 9.86. The van der Waals surface area contributed by atoms with Crippen LogP contribution in [0.25, 0.3) is 0 Å². The molecule has 146 valence electrons. The van der Waals surface area contributed by atoms with E-state index in [9.17, 15) is 17.2 Å². The van der Waals surface area contributed by atoms with Crippen LogP contribution >= 0.6 is 0 Å². The molecule has 1 saturated heterocycles. The number of hydrogen-bond donors (Lipinski definition) is 1. The lowest BCUT2D eigenvalue weighted by molar-refractivity contribution is -0.0533. The molecule has 2 aliphatic rings. The van der Waals surface area contributed by atoms with Crippen LogP contribution in [0.5, 0.6) is 0 Å². The van der Waals surface area contributed by atoms with Gasteiger partial charge < -0.3 is 10.5 Å². The third-order valence-corrected chi connectivity index (χ3v) is 5.69. The van der Waals surface area contributed by atoms with Gasteiger partial charge in [0.1, 0.15) is 17.7 Å². The van der Waals surface area contributed by atoms with Gasteiger partial charge in [0.2, 0.25) is 0 Å². The predicted octanol–water partition coefficient (Wildman–Crippen LogP) is 1.14. The summed E-state index contributed by atoms with van der Waals surface area (Å²) < 4.78 is 79.4. The fourth-order valence-corrected chi connectivity index (χ4v) is 4.16. The van der Waals surface area contributed by atoms with Crippen molar-refractivity contribution in [1.82, 2.24) is 14.1 Å². The summed E-state index contributed by atoms with van der Waals surface area (Å²) in [4.78, 5) is 1.99. The summed E-state index contributed by atoms with van der Waals surface area (Å²) in [5, 5.41) is 3.94. The fourth-order valence-electron chi connectivity index (χ4n) is 3.69. The summed E-state index contributed by atoms with van der Waals surface area (Å²) in [7, 11) is -4.57. The molecule has 0 saturated carbocycles. The van der Waals surface area contributed by atoms with Crippen molar-refractivity contribution in [2.24, 2.45) is 5.73 Å². The summed E-state index contributed by atoms with van der Waals surface area (Å²) in [6.07, 6.45) is -2.29. The summed E-state index contributed by atoms with van der Waals surface area (Å²) in [6, 6.07) is 2.46. The highest BCUT2D eigenvalue weighted by Crippen LogP contribution is 2.34. The maximum atomic E-state index is 14.1. The molecule has 3 atom stereocenters. The minimum atomic E-state index is -4.57. The van der Waals surface area contributed by atoms with Gasteiger partial charge in [-0.25, -0.2) is 17.2 Å². The van der Waals surface area contributed by atoms with Crippen LogP contribution in [0, 0.1) is 11.6 Å². The summed E-state index contributed by atoms with van der Waals surface area (Å²) in [5.74, 6) is -1.15. The molecule has 2 aromatic rings. The second-order valence-corrected chi connectivity index (χ2v) is 8.18. The molecule has 7 nitrogen and oxygen atoms in total. The van der Waals surface area contributed by atoms with E-state index in [1.165, 1.54) is 6.20 Å². The van der Waals surface area contributed by atoms with Crippen molar-refractivity contribution in [3.8, 4) is 0 Å². The van der Waals surface area contributed by atoms with Crippen LogP contribution in [0.2, 0.25) is 0 Å². The number of fused-ring (bicyclic) bond motifs is 1. The first-order chi connectivity index (χ1) is 14.0. The molecular weight excluding hydrogens is 378 g/mol. The molecular formula is C17H20F2N4O3S. The number of ether oxygens (including phenoxy) is 1. The topological polar surface area (TPSA) is 90.5 Å². The molecule has 27 heavy (non-hydrogen) atoms. The molecule has 0 radical (unpaired) electrons. The van der Waals surface area contributed by atoms with Crippen molar-refractivity contribution in [3.05, 3.63) is 52.9 Å². The van der Waals surface area contributed by atoms with Crippen molar-refractivity contribution in [2.45, 2.75) is 37.7 Å². The molecule has 0 bridgehead atoms. The zero-order valence-electron chi connectivity index (χ0n) is 17.2. The van der Waals surface area contributed by atoms with E-state index in [2.05, 4.69) is 5.10 Å². The summed E-state index contributed by atoms with van der Waals surface area (Å²) in [5.41, 5.74) is 7.35. The van der Waals surface area contributed by atoms with Crippen LogP contribution in [0.4, 0.5) is 8.78 Å². The Labute approximate surface area is 160 Å². The smallest absolute Gasteiger partial charge is 0.250 e. The van der Waals surface area contributed by atoms with Crippen LogP contribution in [0.3, 0.4) is 0 Å². The molecule has 2 N–H and O–H groups in total. The Bertz CT molecular complexity index is 1050. The predicted molar refractivity (Wildman–Crippen MR) is 93.1 cm³/mol. The molecule has 1 aromatic carbocycles. The van der Waals surface area contributed by atoms with Gasteiger partial charge in [-0.3, -0.25) is 4.90 Å². The lowest BCUT2D eigenvalue weighted by Crippen LogP contribution is -2.47. The molecule has 0 aliphatic carbocycles. The maximum absolute atomic E-state index is 14.1. The molecule has 1 fully saturated rings. The number of halogens is 2. The molecule has 1 aromatic heterocycles. The average molecular weight is 401 g/mol. The van der Waals surface area contributed by atoms with E-state index in [1.54, 1.807) is 0 Å². The number of nitrogens with two attached hydrogens (primary N) is 1. The first kappa shape index (κ1) is 15.1. The highest BCUT2D eigenvalue weighted by atomic mass is 32.2. The fraction of sp³-hybridized carbons (Fsp3) is 0.471. The van der Waals surface area contributed by atoms with Gasteiger partial charge in [-0.2, -0.15) is 9.19 Å². The third-order valence-electron chi connectivity index (χ3n) is 5.01. The van der Waals surface area contributed by atoms with Gasteiger partial charge in [0.05, 0.1) is 18.5 Å². The summed E-state index contributed by atoms with van der Waals surface area (Å²) in [6.45, 7) is 0.885. The van der Waals surface area contributed by atoms with E-state index >= 15 is 0 Å². The Morgan fingerprint density at radius 1 is 1.37 bits per heavy atom. The maximum Gasteiger partial charge on any atom is 0.250 e. The van der Waals surface area contributed by atoms with E-state index in [4.69, 9.17) is 14.6 Å². The second-order valence-electron chi connectivity index (χ2n) is 6.86. The van der Waals surface area contributed by atoms with Gasteiger partial charge in [-0.15, -0.1) is 0 Å². The Kier molecular flexibility index (Phi) is 3.70. The molecule has 2 aliphatic heterocycles. The second kappa shape index (κ2) is 6.62. The van der Waals surface area contributed by atoms with Crippen molar-refractivity contribution in [3.63, 3.8) is 0 Å². The van der Waals surface area contributed by atoms with E-state index in [0.29, 0.717) is 34.9 Å². The molecule has 0 spiro atoms. The highest BCUT2D eigenvalue weighted by molar-refractivity contribution is 7.89. The summed E-state index contributed by atoms with van der Waals surface area (Å²) >= 11 is 0. The zero-order valence-corrected chi connectivity index (χ0v) is 15.0. The van der Waals surface area contributed by atoms with Crippen LogP contribution in [-0.4, -0.2) is 47.4 Å². The van der Waals surface area contributed by atoms with Crippen molar-refractivity contribution >= 4 is 10.0 Å². The molecule has 0 amide bonds. The van der Waals surface area contributed by atoms with Gasteiger partial charge in [0, 0.05) is 46.6 Å². The van der Waals surface area contributed by atoms with Crippen molar-refractivity contribution in [2.75, 3.05) is 12.8 Å². The Morgan fingerprint density at radius 3 is 2.89 bits per heavy atom. The number of rotatable bonds is 3. The van der Waals surface area contributed by atoms with Gasteiger partial charge in [0.15, 0.2) is 0 Å². The van der Waals surface area contributed by atoms with Crippen LogP contribution in [-0.2, 0) is 27.8 Å². The standard InChI is InChI=1S/C17H20F2N4O3S/c1-27(24,25)23-7-10-6-22(8-16(10)21-23)12-5-15(20)17(26-9-12)13-4-11(18)2-3-14(13)19/h2-4,7,12,15,17H,5-6,8-9,20H2,1H3/t12-,15+,17+/m1/s1/i1D3. The quantitative estimate of drug-likeness (QED) is 0.830. The van der Waals surface area contributed by atoms with Gasteiger partial charge >= 0.3 is 0 Å². The van der Waals surface area contributed by atoms with E-state index < -0.39 is 40.0 Å². The average Bonchev–Trinajstić information content (AvgIpc) is 3.22. The number of nitrogens with zero attached hydrogens (tertiary/aromatic N) is 3. The van der Waals surface area contributed by atoms with Crippen molar-refractivity contribution < 1.29 is 26.0 Å². The Balaban J connectivity index is 1.44. The lowest BCUT2D eigenvalue weighted by atomic mass is 9.93. The number of benzene rings is 1. The van der Waals surface area contributed by atoms with E-state index in [0.717, 1.165) is 18.2 Å². The van der Waals surface area contributed by atoms with E-state index in [-0.39, 0.29) is 18.2 Å². The molecule has 3 heterocycles. The highest BCUT2D eigenvalue weighted by Gasteiger charge is 2.37. The van der Waals surface area contributed by atoms with Crippen LogP contribution in [0.15, 0.2) is 24.4 Å². The van der Waals surface area contributed by atoms with Gasteiger partial charge in [-0.05, 0) is 24.6 Å². The lowest BCUT2D eigenvalue weighted by Gasteiger charge is -2.38. The van der Waals surface area contributed by atoms with Crippen LogP contribution in [0.1, 0.15) is 33.5 Å². The van der Waals surface area contributed by atoms with Gasteiger partial charge in [-0.1, -0.05) is 0 Å². The minimum absolute atomic E-state index is 0.0804.